The van der Waals surface area contributed by atoms with Crippen molar-refractivity contribution in [1.82, 2.24) is 0 Å². The van der Waals surface area contributed by atoms with Crippen molar-refractivity contribution in [3.63, 3.8) is 0 Å². The molecule has 0 N–H and O–H groups in total. The molecule has 0 radical (unpaired) electrons. The van der Waals surface area contributed by atoms with Crippen molar-refractivity contribution >= 4 is 18.6 Å². The Balaban J connectivity index is 1.79. The maximum atomic E-state index is 11.6. The van der Waals surface area contributed by atoms with Gasteiger partial charge < -0.3 is 4.74 Å². The van der Waals surface area contributed by atoms with E-state index >= 15 is 0 Å². The summed E-state index contributed by atoms with van der Waals surface area (Å²) in [6, 6.07) is 0. The van der Waals surface area contributed by atoms with Gasteiger partial charge in [0.1, 0.15) is 0 Å². The number of carbonyl (C=O) groups is 1. The fourth-order valence-corrected chi connectivity index (χ4v) is 2.53. The normalized spacial score (nSPS) is 13.6. The van der Waals surface area contributed by atoms with E-state index in [1.165, 1.54) is 51.4 Å². The third-order valence-corrected chi connectivity index (χ3v) is 3.89. The zero-order chi connectivity index (χ0) is 14.5. The second-order valence-electron chi connectivity index (χ2n) is 5.37. The summed E-state index contributed by atoms with van der Waals surface area (Å²) in [7, 11) is 0. The zero-order valence-electron chi connectivity index (χ0n) is 12.5. The molecule has 1 aliphatic carbocycles. The van der Waals surface area contributed by atoms with Crippen LogP contribution in [0.25, 0.3) is 0 Å². The second-order valence-corrected chi connectivity index (χ2v) is 5.81. The first-order chi connectivity index (χ1) is 9.84. The number of hydrogen-bond donors (Lipinski definition) is 1. The number of carbonyl (C=O) groups excluding carboxylic acids is 1. The Bertz CT molecular complexity index is 321. The Morgan fingerprint density at radius 3 is 2.15 bits per heavy atom. The number of allylic oxidation sites excluding steroid dienone is 3. The third kappa shape index (κ3) is 8.47. The largest absolute Gasteiger partial charge is 0.462 e. The van der Waals surface area contributed by atoms with Gasteiger partial charge in [-0.05, 0) is 25.0 Å². The Kier molecular flexibility index (Phi) is 10.5. The van der Waals surface area contributed by atoms with Gasteiger partial charge in [-0.15, -0.1) is 0 Å². The lowest BCUT2D eigenvalue weighted by molar-refractivity contribution is -0.139. The van der Waals surface area contributed by atoms with Crippen molar-refractivity contribution in [1.29, 1.82) is 0 Å². The van der Waals surface area contributed by atoms with E-state index in [2.05, 4.69) is 12.6 Å². The Morgan fingerprint density at radius 1 is 1.00 bits per heavy atom. The van der Waals surface area contributed by atoms with Gasteiger partial charge in [0.05, 0.1) is 6.61 Å². The van der Waals surface area contributed by atoms with Crippen molar-refractivity contribution in [2.24, 2.45) is 0 Å². The SMILES string of the molecule is O=C(OCCCCCCCCCCCS)C1=CC=CC1. The van der Waals surface area contributed by atoms with E-state index in [1.54, 1.807) is 0 Å². The summed E-state index contributed by atoms with van der Waals surface area (Å²) < 4.78 is 5.24. The summed E-state index contributed by atoms with van der Waals surface area (Å²) >= 11 is 4.21. The molecule has 0 amide bonds. The maximum absolute atomic E-state index is 11.6. The minimum Gasteiger partial charge on any atom is -0.462 e. The molecule has 0 spiro atoms. The third-order valence-electron chi connectivity index (χ3n) is 3.57. The van der Waals surface area contributed by atoms with Gasteiger partial charge >= 0.3 is 5.97 Å². The fourth-order valence-electron chi connectivity index (χ4n) is 2.31. The average Bonchev–Trinajstić information content (AvgIpc) is 2.99. The molecule has 0 heterocycles. The number of unbranched alkanes of at least 4 members (excludes halogenated alkanes) is 8. The van der Waals surface area contributed by atoms with Crippen LogP contribution >= 0.6 is 12.6 Å². The van der Waals surface area contributed by atoms with Crippen LogP contribution in [0.1, 0.15) is 64.2 Å². The smallest absolute Gasteiger partial charge is 0.334 e. The monoisotopic (exact) mass is 296 g/mol. The van der Waals surface area contributed by atoms with Crippen molar-refractivity contribution in [2.75, 3.05) is 12.4 Å². The number of esters is 1. The minimum absolute atomic E-state index is 0.140. The standard InChI is InChI=1S/C17H28O2S/c18-17(16-12-8-9-13-16)19-14-10-6-4-2-1-3-5-7-11-15-20/h8-9,12,20H,1-7,10-11,13-15H2. The molecule has 0 bridgehead atoms. The van der Waals surface area contributed by atoms with E-state index in [0.29, 0.717) is 6.61 Å². The number of hydrogen-bond acceptors (Lipinski definition) is 3. The predicted molar refractivity (Wildman–Crippen MR) is 88.2 cm³/mol. The zero-order valence-corrected chi connectivity index (χ0v) is 13.4. The van der Waals surface area contributed by atoms with Gasteiger partial charge in [0, 0.05) is 5.57 Å². The molecular weight excluding hydrogens is 268 g/mol. The van der Waals surface area contributed by atoms with Crippen LogP contribution in [0.5, 0.6) is 0 Å². The van der Waals surface area contributed by atoms with Crippen LogP contribution in [-0.4, -0.2) is 18.3 Å². The van der Waals surface area contributed by atoms with Crippen LogP contribution in [0, 0.1) is 0 Å². The molecule has 0 saturated carbocycles. The molecular formula is C17H28O2S. The van der Waals surface area contributed by atoms with Crippen LogP contribution < -0.4 is 0 Å². The van der Waals surface area contributed by atoms with Crippen molar-refractivity contribution in [3.8, 4) is 0 Å². The van der Waals surface area contributed by atoms with E-state index in [1.807, 2.05) is 18.2 Å². The molecule has 0 aliphatic heterocycles. The van der Waals surface area contributed by atoms with E-state index in [9.17, 15) is 4.79 Å². The van der Waals surface area contributed by atoms with Crippen LogP contribution in [-0.2, 0) is 9.53 Å². The molecule has 0 unspecified atom stereocenters. The molecule has 0 fully saturated rings. The fraction of sp³-hybridized carbons (Fsp3) is 0.706. The molecule has 3 heteroatoms. The minimum atomic E-state index is -0.140. The summed E-state index contributed by atoms with van der Waals surface area (Å²) in [4.78, 5) is 11.6. The Labute approximate surface area is 129 Å². The first-order valence-electron chi connectivity index (χ1n) is 7.98. The summed E-state index contributed by atoms with van der Waals surface area (Å²) in [5.74, 6) is 0.880. The number of thiol groups is 1. The van der Waals surface area contributed by atoms with Gasteiger partial charge in [0.15, 0.2) is 0 Å². The van der Waals surface area contributed by atoms with Gasteiger partial charge in [0.25, 0.3) is 0 Å². The highest BCUT2D eigenvalue weighted by molar-refractivity contribution is 7.80. The topological polar surface area (TPSA) is 26.3 Å². The molecule has 0 aromatic carbocycles. The lowest BCUT2D eigenvalue weighted by atomic mass is 10.1. The quantitative estimate of drug-likeness (QED) is 0.316. The summed E-state index contributed by atoms with van der Waals surface area (Å²) in [6.45, 7) is 0.568. The Hall–Kier alpha value is -0.700. The van der Waals surface area contributed by atoms with E-state index in [4.69, 9.17) is 4.74 Å². The highest BCUT2D eigenvalue weighted by Gasteiger charge is 2.10. The summed E-state index contributed by atoms with van der Waals surface area (Å²) in [5, 5.41) is 0. The first-order valence-corrected chi connectivity index (χ1v) is 8.61. The average molecular weight is 296 g/mol. The van der Waals surface area contributed by atoms with Gasteiger partial charge in [-0.1, -0.05) is 63.2 Å². The molecule has 114 valence electrons. The predicted octanol–water partition coefficient (Wildman–Crippen LogP) is 4.86. The van der Waals surface area contributed by atoms with E-state index in [-0.39, 0.29) is 5.97 Å². The molecule has 1 aliphatic rings. The van der Waals surface area contributed by atoms with Gasteiger partial charge in [-0.2, -0.15) is 12.6 Å². The van der Waals surface area contributed by atoms with Gasteiger partial charge in [-0.25, -0.2) is 4.79 Å². The van der Waals surface area contributed by atoms with Gasteiger partial charge in [0.2, 0.25) is 0 Å². The van der Waals surface area contributed by atoms with Crippen LogP contribution in [0.3, 0.4) is 0 Å². The number of ether oxygens (including phenoxy) is 1. The molecule has 20 heavy (non-hydrogen) atoms. The van der Waals surface area contributed by atoms with Crippen LogP contribution in [0.2, 0.25) is 0 Å². The Morgan fingerprint density at radius 2 is 1.60 bits per heavy atom. The van der Waals surface area contributed by atoms with E-state index in [0.717, 1.165) is 24.2 Å². The number of rotatable bonds is 12. The molecule has 0 aromatic rings. The van der Waals surface area contributed by atoms with Crippen LogP contribution in [0.15, 0.2) is 23.8 Å². The lowest BCUT2D eigenvalue weighted by Crippen LogP contribution is -2.07. The van der Waals surface area contributed by atoms with E-state index < -0.39 is 0 Å². The lowest BCUT2D eigenvalue weighted by Gasteiger charge is -2.05. The van der Waals surface area contributed by atoms with Crippen molar-refractivity contribution < 1.29 is 9.53 Å². The first kappa shape index (κ1) is 17.4. The molecule has 0 saturated heterocycles. The molecule has 0 aromatic heterocycles. The molecule has 2 nitrogen and oxygen atoms in total. The van der Waals surface area contributed by atoms with Gasteiger partial charge in [-0.3, -0.25) is 0 Å². The molecule has 1 rings (SSSR count). The summed E-state index contributed by atoms with van der Waals surface area (Å²) in [6.07, 6.45) is 17.8. The molecule has 0 atom stereocenters. The highest BCUT2D eigenvalue weighted by atomic mass is 32.1. The van der Waals surface area contributed by atoms with Crippen molar-refractivity contribution in [3.05, 3.63) is 23.8 Å². The summed E-state index contributed by atoms with van der Waals surface area (Å²) in [5.41, 5.74) is 0.784. The second kappa shape index (κ2) is 12.1. The highest BCUT2D eigenvalue weighted by Crippen LogP contribution is 2.13. The van der Waals surface area contributed by atoms with Crippen LogP contribution in [0.4, 0.5) is 0 Å². The van der Waals surface area contributed by atoms with Crippen molar-refractivity contribution in [2.45, 2.75) is 64.2 Å². The maximum Gasteiger partial charge on any atom is 0.334 e.